The maximum atomic E-state index is 12.4. The Morgan fingerprint density at radius 3 is 2.83 bits per heavy atom. The van der Waals surface area contributed by atoms with Crippen molar-refractivity contribution in [3.63, 3.8) is 0 Å². The van der Waals surface area contributed by atoms with Gasteiger partial charge in [0, 0.05) is 32.8 Å². The van der Waals surface area contributed by atoms with E-state index in [0.717, 1.165) is 12.8 Å². The molecule has 138 valence electrons. The first kappa shape index (κ1) is 19.2. The lowest BCUT2D eigenvalue weighted by Gasteiger charge is -2.43. The average Bonchev–Trinajstić information content (AvgIpc) is 2.52. The zero-order valence-electron chi connectivity index (χ0n) is 14.8. The van der Waals surface area contributed by atoms with Crippen LogP contribution < -0.4 is 5.32 Å². The Labute approximate surface area is 144 Å². The summed E-state index contributed by atoms with van der Waals surface area (Å²) in [7, 11) is 1.60. The molecule has 24 heavy (non-hydrogen) atoms. The topological polar surface area (TPSA) is 77.0 Å². The number of aliphatic hydroxyl groups excluding tert-OH is 1. The summed E-state index contributed by atoms with van der Waals surface area (Å²) in [5.74, 6) is 1.21. The number of allylic oxidation sites excluding steroid dienone is 1. The van der Waals surface area contributed by atoms with Gasteiger partial charge in [-0.3, -0.25) is 4.79 Å². The summed E-state index contributed by atoms with van der Waals surface area (Å²) in [5, 5.41) is 12.0. The second-order valence-electron chi connectivity index (χ2n) is 6.52. The summed E-state index contributed by atoms with van der Waals surface area (Å²) < 4.78 is 16.6. The molecule has 2 rings (SSSR count). The van der Waals surface area contributed by atoms with Gasteiger partial charge in [0.05, 0.1) is 6.61 Å². The van der Waals surface area contributed by atoms with Gasteiger partial charge in [-0.2, -0.15) is 0 Å². The Morgan fingerprint density at radius 1 is 1.46 bits per heavy atom. The second kappa shape index (κ2) is 10.0. The van der Waals surface area contributed by atoms with Crippen molar-refractivity contribution in [2.24, 2.45) is 17.8 Å². The highest BCUT2D eigenvalue weighted by molar-refractivity contribution is 5.91. The molecule has 1 saturated carbocycles. The number of hydrogen-bond acceptors (Lipinski definition) is 5. The SMILES string of the molecule is CCO[C@@H]1OC(C(=O)NCCOC)=C[C@H](C2CCC2)[C@@H]1CCCO. The number of hydrogen-bond donors (Lipinski definition) is 2. The fraction of sp³-hybridized carbons (Fsp3) is 0.833. The van der Waals surface area contributed by atoms with E-state index in [0.29, 0.717) is 31.4 Å². The molecule has 1 amide bonds. The number of aliphatic hydroxyl groups is 1. The second-order valence-corrected chi connectivity index (χ2v) is 6.52. The van der Waals surface area contributed by atoms with Crippen molar-refractivity contribution in [1.29, 1.82) is 0 Å². The van der Waals surface area contributed by atoms with E-state index < -0.39 is 6.29 Å². The molecule has 6 heteroatoms. The Bertz CT molecular complexity index is 422. The molecule has 0 saturated heterocycles. The van der Waals surface area contributed by atoms with E-state index in [2.05, 4.69) is 5.32 Å². The zero-order chi connectivity index (χ0) is 17.4. The maximum Gasteiger partial charge on any atom is 0.286 e. The summed E-state index contributed by atoms with van der Waals surface area (Å²) >= 11 is 0. The number of carbonyl (C=O) groups is 1. The van der Waals surface area contributed by atoms with Crippen LogP contribution in [0.4, 0.5) is 0 Å². The van der Waals surface area contributed by atoms with Crippen LogP contribution in [-0.2, 0) is 19.0 Å². The molecule has 0 radical (unpaired) electrons. The third-order valence-corrected chi connectivity index (χ3v) is 4.97. The van der Waals surface area contributed by atoms with Crippen LogP contribution in [0.15, 0.2) is 11.8 Å². The van der Waals surface area contributed by atoms with Gasteiger partial charge in [0.15, 0.2) is 5.76 Å². The van der Waals surface area contributed by atoms with Crippen molar-refractivity contribution < 1.29 is 24.1 Å². The molecule has 0 bridgehead atoms. The van der Waals surface area contributed by atoms with Gasteiger partial charge in [0.1, 0.15) is 0 Å². The van der Waals surface area contributed by atoms with Crippen molar-refractivity contribution >= 4 is 5.91 Å². The van der Waals surface area contributed by atoms with Gasteiger partial charge in [-0.25, -0.2) is 0 Å². The fourth-order valence-electron chi connectivity index (χ4n) is 3.50. The minimum atomic E-state index is -0.416. The van der Waals surface area contributed by atoms with Crippen LogP contribution in [0.2, 0.25) is 0 Å². The third kappa shape index (κ3) is 4.94. The quantitative estimate of drug-likeness (QED) is 0.593. The Hall–Kier alpha value is -1.11. The van der Waals surface area contributed by atoms with Gasteiger partial charge in [0.2, 0.25) is 6.29 Å². The normalized spacial score (nSPS) is 27.1. The first-order chi connectivity index (χ1) is 11.7. The molecule has 1 heterocycles. The lowest BCUT2D eigenvalue weighted by molar-refractivity contribution is -0.178. The molecule has 6 nitrogen and oxygen atoms in total. The van der Waals surface area contributed by atoms with Crippen LogP contribution in [0, 0.1) is 17.8 Å². The molecule has 1 aliphatic heterocycles. The van der Waals surface area contributed by atoms with Gasteiger partial charge >= 0.3 is 0 Å². The van der Waals surface area contributed by atoms with Crippen LogP contribution in [0.25, 0.3) is 0 Å². The molecule has 1 fully saturated rings. The van der Waals surface area contributed by atoms with E-state index in [4.69, 9.17) is 14.2 Å². The highest BCUT2D eigenvalue weighted by atomic mass is 16.7. The van der Waals surface area contributed by atoms with Gasteiger partial charge in [0.25, 0.3) is 5.91 Å². The predicted molar refractivity (Wildman–Crippen MR) is 90.1 cm³/mol. The van der Waals surface area contributed by atoms with Crippen LogP contribution in [0.3, 0.4) is 0 Å². The Kier molecular flexibility index (Phi) is 8.02. The molecule has 0 aromatic carbocycles. The van der Waals surface area contributed by atoms with Crippen molar-refractivity contribution in [2.45, 2.75) is 45.3 Å². The van der Waals surface area contributed by atoms with Crippen molar-refractivity contribution in [3.05, 3.63) is 11.8 Å². The van der Waals surface area contributed by atoms with Gasteiger partial charge in [-0.1, -0.05) is 6.42 Å². The summed E-state index contributed by atoms with van der Waals surface area (Å²) in [6.45, 7) is 3.56. The smallest absolute Gasteiger partial charge is 0.286 e. The lowest BCUT2D eigenvalue weighted by atomic mass is 9.68. The summed E-state index contributed by atoms with van der Waals surface area (Å²) in [5.41, 5.74) is 0. The van der Waals surface area contributed by atoms with Crippen LogP contribution >= 0.6 is 0 Å². The lowest BCUT2D eigenvalue weighted by Crippen LogP contribution is -2.43. The highest BCUT2D eigenvalue weighted by Gasteiger charge is 2.41. The van der Waals surface area contributed by atoms with Crippen molar-refractivity contribution in [1.82, 2.24) is 5.32 Å². The summed E-state index contributed by atoms with van der Waals surface area (Å²) in [6.07, 6.45) is 6.77. The Morgan fingerprint density at radius 2 is 2.25 bits per heavy atom. The first-order valence-electron chi connectivity index (χ1n) is 9.09. The monoisotopic (exact) mass is 341 g/mol. The molecule has 0 aromatic heterocycles. The van der Waals surface area contributed by atoms with Crippen LogP contribution in [0.1, 0.15) is 39.0 Å². The van der Waals surface area contributed by atoms with E-state index >= 15 is 0 Å². The van der Waals surface area contributed by atoms with Crippen LogP contribution in [-0.4, -0.2) is 50.8 Å². The molecule has 0 aromatic rings. The zero-order valence-corrected chi connectivity index (χ0v) is 14.8. The predicted octanol–water partition coefficient (Wildman–Crippen LogP) is 1.83. The molecule has 2 N–H and O–H groups in total. The standard InChI is InChI=1S/C18H31NO5/c1-3-23-18-14(8-5-10-20)15(13-6-4-7-13)12-16(24-18)17(21)19-9-11-22-2/h12-15,18,20H,3-11H2,1-2H3,(H,19,21)/t14-,15+,18+/m0/s1. The highest BCUT2D eigenvalue weighted by Crippen LogP contribution is 2.44. The number of methoxy groups -OCH3 is 1. The molecular formula is C18H31NO5. The molecule has 1 aliphatic carbocycles. The van der Waals surface area contributed by atoms with Crippen molar-refractivity contribution in [2.75, 3.05) is 33.5 Å². The fourth-order valence-corrected chi connectivity index (χ4v) is 3.50. The summed E-state index contributed by atoms with van der Waals surface area (Å²) in [4.78, 5) is 12.4. The number of carbonyl (C=O) groups excluding carboxylic acids is 1. The Balaban J connectivity index is 2.11. The van der Waals surface area contributed by atoms with E-state index in [1.165, 1.54) is 19.3 Å². The van der Waals surface area contributed by atoms with Gasteiger partial charge in [-0.15, -0.1) is 0 Å². The molecule has 3 atom stereocenters. The molecule has 2 aliphatic rings. The van der Waals surface area contributed by atoms with Gasteiger partial charge < -0.3 is 24.6 Å². The van der Waals surface area contributed by atoms with E-state index in [9.17, 15) is 9.90 Å². The number of nitrogens with one attached hydrogen (secondary N) is 1. The van der Waals surface area contributed by atoms with E-state index in [1.54, 1.807) is 7.11 Å². The van der Waals surface area contributed by atoms with Gasteiger partial charge in [-0.05, 0) is 50.5 Å². The number of amides is 1. The average molecular weight is 341 g/mol. The number of rotatable bonds is 10. The minimum Gasteiger partial charge on any atom is -0.459 e. The molecular weight excluding hydrogens is 310 g/mol. The van der Waals surface area contributed by atoms with Crippen LogP contribution in [0.5, 0.6) is 0 Å². The first-order valence-corrected chi connectivity index (χ1v) is 9.09. The van der Waals surface area contributed by atoms with Crippen molar-refractivity contribution in [3.8, 4) is 0 Å². The largest absolute Gasteiger partial charge is 0.459 e. The maximum absolute atomic E-state index is 12.4. The summed E-state index contributed by atoms with van der Waals surface area (Å²) in [6, 6.07) is 0. The minimum absolute atomic E-state index is 0.167. The van der Waals surface area contributed by atoms with E-state index in [-0.39, 0.29) is 24.3 Å². The number of ether oxygens (including phenoxy) is 3. The third-order valence-electron chi connectivity index (χ3n) is 4.97. The molecule has 0 unspecified atom stereocenters. The van der Waals surface area contributed by atoms with E-state index in [1.807, 2.05) is 13.0 Å². The molecule has 0 spiro atoms.